The van der Waals surface area contributed by atoms with E-state index in [1.807, 2.05) is 31.2 Å². The lowest BCUT2D eigenvalue weighted by molar-refractivity contribution is 0.327. The van der Waals surface area contributed by atoms with Gasteiger partial charge >= 0.3 is 0 Å². The van der Waals surface area contributed by atoms with Gasteiger partial charge in [0, 0.05) is 40.6 Å². The van der Waals surface area contributed by atoms with Gasteiger partial charge in [0.1, 0.15) is 10.6 Å². The number of aromatic nitrogens is 1. The second kappa shape index (κ2) is 6.72. The van der Waals surface area contributed by atoms with Crippen molar-refractivity contribution < 1.29 is 13.2 Å². The van der Waals surface area contributed by atoms with E-state index >= 15 is 0 Å². The highest BCUT2D eigenvalue weighted by atomic mass is 79.9. The average molecular weight is 435 g/mol. The maximum Gasteiger partial charge on any atom is 0.247 e. The van der Waals surface area contributed by atoms with Gasteiger partial charge in [-0.1, -0.05) is 34.1 Å². The Kier molecular flexibility index (Phi) is 4.54. The number of ether oxygens (including phenoxy) is 1. The van der Waals surface area contributed by atoms with Crippen LogP contribution in [0.15, 0.2) is 51.8 Å². The van der Waals surface area contributed by atoms with Crippen molar-refractivity contribution in [2.45, 2.75) is 24.8 Å². The molecule has 1 aliphatic rings. The minimum absolute atomic E-state index is 0.206. The zero-order chi connectivity index (χ0) is 18.3. The molecule has 0 spiro atoms. The number of benzene rings is 2. The molecule has 2 aromatic carbocycles. The van der Waals surface area contributed by atoms with Crippen molar-refractivity contribution >= 4 is 36.9 Å². The molecule has 0 saturated carbocycles. The maximum atomic E-state index is 13.3. The van der Waals surface area contributed by atoms with Crippen molar-refractivity contribution in [1.82, 2.24) is 9.29 Å². The Labute approximate surface area is 161 Å². The summed E-state index contributed by atoms with van der Waals surface area (Å²) >= 11 is 3.37. The molecule has 0 radical (unpaired) electrons. The van der Waals surface area contributed by atoms with E-state index in [0.717, 1.165) is 22.2 Å². The summed E-state index contributed by atoms with van der Waals surface area (Å²) < 4.78 is 34.5. The molecule has 1 aromatic heterocycles. The lowest BCUT2D eigenvalue weighted by atomic mass is 10.1. The first-order chi connectivity index (χ1) is 12.5. The van der Waals surface area contributed by atoms with Crippen LogP contribution >= 0.6 is 15.9 Å². The monoisotopic (exact) mass is 434 g/mol. The Hall–Kier alpha value is -1.83. The molecule has 0 saturated heterocycles. The van der Waals surface area contributed by atoms with Gasteiger partial charge in [-0.2, -0.15) is 4.31 Å². The maximum absolute atomic E-state index is 13.3. The van der Waals surface area contributed by atoms with E-state index in [2.05, 4.69) is 20.9 Å². The quantitative estimate of drug-likeness (QED) is 0.672. The van der Waals surface area contributed by atoms with Crippen LogP contribution < -0.4 is 4.74 Å². The lowest BCUT2D eigenvalue weighted by Gasteiger charge is -2.27. The average Bonchev–Trinajstić information content (AvgIpc) is 3.01. The highest BCUT2D eigenvalue weighted by Gasteiger charge is 2.32. The first kappa shape index (κ1) is 17.6. The zero-order valence-corrected chi connectivity index (χ0v) is 16.7. The van der Waals surface area contributed by atoms with Crippen LogP contribution in [-0.4, -0.2) is 30.9 Å². The second-order valence-electron chi connectivity index (χ2n) is 6.24. The van der Waals surface area contributed by atoms with E-state index in [1.165, 1.54) is 0 Å². The number of nitrogens with zero attached hydrogens (tertiary/aromatic N) is 1. The molecule has 2 heterocycles. The molecule has 0 bridgehead atoms. The van der Waals surface area contributed by atoms with Crippen LogP contribution in [-0.2, 0) is 23.0 Å². The molecule has 26 heavy (non-hydrogen) atoms. The highest BCUT2D eigenvalue weighted by Crippen LogP contribution is 2.34. The molecule has 4 rings (SSSR count). The minimum atomic E-state index is -3.66. The van der Waals surface area contributed by atoms with Crippen LogP contribution in [0.1, 0.15) is 18.2 Å². The fourth-order valence-electron chi connectivity index (χ4n) is 3.44. The number of H-pyrrole nitrogens is 1. The molecule has 136 valence electrons. The number of hydrogen-bond acceptors (Lipinski definition) is 3. The number of fused-ring (bicyclic) bond motifs is 3. The summed E-state index contributed by atoms with van der Waals surface area (Å²) in [5.74, 6) is 0.389. The summed E-state index contributed by atoms with van der Waals surface area (Å²) in [6.45, 7) is 3.06. The summed E-state index contributed by atoms with van der Waals surface area (Å²) in [5.41, 5.74) is 3.23. The third-order valence-electron chi connectivity index (χ3n) is 4.67. The molecule has 7 heteroatoms. The highest BCUT2D eigenvalue weighted by molar-refractivity contribution is 9.10. The Morgan fingerprint density at radius 2 is 2.04 bits per heavy atom. The summed E-state index contributed by atoms with van der Waals surface area (Å²) in [6.07, 6.45) is 0.668. The molecule has 0 unspecified atom stereocenters. The predicted molar refractivity (Wildman–Crippen MR) is 105 cm³/mol. The first-order valence-electron chi connectivity index (χ1n) is 8.51. The molecule has 0 fully saturated rings. The molecule has 5 nitrogen and oxygen atoms in total. The van der Waals surface area contributed by atoms with Gasteiger partial charge in [-0.15, -0.1) is 0 Å². The number of nitrogens with one attached hydrogen (secondary N) is 1. The third kappa shape index (κ3) is 2.94. The topological polar surface area (TPSA) is 62.4 Å². The molecule has 1 aliphatic heterocycles. The predicted octanol–water partition coefficient (Wildman–Crippen LogP) is 4.08. The van der Waals surface area contributed by atoms with Crippen molar-refractivity contribution in [3.8, 4) is 5.75 Å². The summed E-state index contributed by atoms with van der Waals surface area (Å²) in [5, 5.41) is 1.08. The second-order valence-corrected chi connectivity index (χ2v) is 9.06. The van der Waals surface area contributed by atoms with Crippen LogP contribution in [0.5, 0.6) is 5.75 Å². The van der Waals surface area contributed by atoms with Crippen LogP contribution in [0.4, 0.5) is 0 Å². The Morgan fingerprint density at radius 1 is 1.23 bits per heavy atom. The van der Waals surface area contributed by atoms with Gasteiger partial charge in [0.05, 0.1) is 6.61 Å². The van der Waals surface area contributed by atoms with Gasteiger partial charge < -0.3 is 9.72 Å². The summed E-state index contributed by atoms with van der Waals surface area (Å²) in [4.78, 5) is 3.62. The lowest BCUT2D eigenvalue weighted by Crippen LogP contribution is -2.36. The number of hydrogen-bond donors (Lipinski definition) is 1. The number of halogens is 1. The minimum Gasteiger partial charge on any atom is -0.492 e. The van der Waals surface area contributed by atoms with E-state index in [0.29, 0.717) is 36.3 Å². The Bertz CT molecular complexity index is 1080. The standard InChI is InChI=1S/C19H19BrN2O3S/c1-2-25-18-8-7-13(20)11-19(18)26(23,24)22-10-9-17-15(12-22)14-5-3-4-6-16(14)21-17/h3-8,11,21H,2,9-10,12H2,1H3. The number of rotatable bonds is 4. The van der Waals surface area contributed by atoms with Crippen LogP contribution in [0.25, 0.3) is 10.9 Å². The van der Waals surface area contributed by atoms with E-state index in [-0.39, 0.29) is 4.90 Å². The number of para-hydroxylation sites is 1. The molecule has 0 aliphatic carbocycles. The molecule has 0 atom stereocenters. The number of sulfonamides is 1. The SMILES string of the molecule is CCOc1ccc(Br)cc1S(=O)(=O)N1CCc2[nH]c3ccccc3c2C1. The van der Waals surface area contributed by atoms with Crippen LogP contribution in [0.2, 0.25) is 0 Å². The van der Waals surface area contributed by atoms with Gasteiger partial charge in [-0.25, -0.2) is 8.42 Å². The molecule has 1 N–H and O–H groups in total. The van der Waals surface area contributed by atoms with Gasteiger partial charge in [0.15, 0.2) is 0 Å². The first-order valence-corrected chi connectivity index (χ1v) is 10.7. The zero-order valence-electron chi connectivity index (χ0n) is 14.3. The normalized spacial score (nSPS) is 15.2. The fraction of sp³-hybridized carbons (Fsp3) is 0.263. The number of aromatic amines is 1. The summed E-state index contributed by atoms with van der Waals surface area (Å²) in [7, 11) is -3.66. The molecular formula is C19H19BrN2O3S. The van der Waals surface area contributed by atoms with E-state index in [1.54, 1.807) is 22.5 Å². The smallest absolute Gasteiger partial charge is 0.247 e. The van der Waals surface area contributed by atoms with Crippen molar-refractivity contribution in [3.05, 3.63) is 58.2 Å². The summed E-state index contributed by atoms with van der Waals surface area (Å²) in [6, 6.07) is 13.1. The van der Waals surface area contributed by atoms with Gasteiger partial charge in [0.25, 0.3) is 0 Å². The third-order valence-corrected chi connectivity index (χ3v) is 7.03. The van der Waals surface area contributed by atoms with E-state index in [4.69, 9.17) is 4.74 Å². The van der Waals surface area contributed by atoms with Gasteiger partial charge in [-0.05, 0) is 36.8 Å². The molecule has 3 aromatic rings. The van der Waals surface area contributed by atoms with E-state index < -0.39 is 10.0 Å². The van der Waals surface area contributed by atoms with Crippen molar-refractivity contribution in [2.24, 2.45) is 0 Å². The van der Waals surface area contributed by atoms with Gasteiger partial charge in [-0.3, -0.25) is 0 Å². The van der Waals surface area contributed by atoms with E-state index in [9.17, 15) is 8.42 Å². The van der Waals surface area contributed by atoms with Gasteiger partial charge in [0.2, 0.25) is 10.0 Å². The molecule has 0 amide bonds. The van der Waals surface area contributed by atoms with Crippen molar-refractivity contribution in [2.75, 3.05) is 13.2 Å². The van der Waals surface area contributed by atoms with Crippen LogP contribution in [0.3, 0.4) is 0 Å². The molecular weight excluding hydrogens is 416 g/mol. The van der Waals surface area contributed by atoms with Crippen LogP contribution in [0, 0.1) is 0 Å². The largest absolute Gasteiger partial charge is 0.492 e. The Morgan fingerprint density at radius 3 is 2.85 bits per heavy atom. The Balaban J connectivity index is 1.75. The fourth-order valence-corrected chi connectivity index (χ4v) is 5.52. The van der Waals surface area contributed by atoms with Crippen molar-refractivity contribution in [1.29, 1.82) is 0 Å². The van der Waals surface area contributed by atoms with Crippen molar-refractivity contribution in [3.63, 3.8) is 0 Å².